The van der Waals surface area contributed by atoms with Gasteiger partial charge in [-0.15, -0.1) is 0 Å². The van der Waals surface area contributed by atoms with E-state index in [0.717, 1.165) is 17.9 Å². The minimum absolute atomic E-state index is 0.613. The lowest BCUT2D eigenvalue weighted by molar-refractivity contribution is -0.659. The highest BCUT2D eigenvalue weighted by atomic mass is 16.5. The average Bonchev–Trinajstić information content (AvgIpc) is 2.65. The van der Waals surface area contributed by atoms with Crippen molar-refractivity contribution in [2.24, 2.45) is 13.0 Å². The molecule has 30 heavy (non-hydrogen) atoms. The summed E-state index contributed by atoms with van der Waals surface area (Å²) in [5.74, 6) is 2.58. The molecule has 0 aliphatic carbocycles. The Balaban J connectivity index is 1.91. The SMILES string of the molecule is Cc1cc(C)c2cc3c(c(C)c2c1)-c1c2c(cc(CC(C)C)cc2c(C)c[n+]1C)O3. The van der Waals surface area contributed by atoms with Crippen LogP contribution in [0.3, 0.4) is 0 Å². The molecule has 0 atom stereocenters. The lowest BCUT2D eigenvalue weighted by Crippen LogP contribution is -2.32. The predicted octanol–water partition coefficient (Wildman–Crippen LogP) is 7.02. The summed E-state index contributed by atoms with van der Waals surface area (Å²) >= 11 is 0. The minimum Gasteiger partial charge on any atom is -0.456 e. The largest absolute Gasteiger partial charge is 0.456 e. The number of pyridine rings is 1. The van der Waals surface area contributed by atoms with Crippen LogP contribution in [0.1, 0.15) is 41.7 Å². The van der Waals surface area contributed by atoms with Gasteiger partial charge in [0.15, 0.2) is 6.20 Å². The van der Waals surface area contributed by atoms with Crippen molar-refractivity contribution in [1.29, 1.82) is 0 Å². The molecule has 3 aromatic carbocycles. The molecular weight excluding hydrogens is 366 g/mol. The van der Waals surface area contributed by atoms with Gasteiger partial charge in [-0.25, -0.2) is 0 Å². The van der Waals surface area contributed by atoms with Crippen molar-refractivity contribution in [2.75, 3.05) is 0 Å². The van der Waals surface area contributed by atoms with Gasteiger partial charge in [0.25, 0.3) is 0 Å². The number of hydrogen-bond donors (Lipinski definition) is 0. The summed E-state index contributed by atoms with van der Waals surface area (Å²) in [7, 11) is 2.16. The zero-order chi connectivity index (χ0) is 21.3. The molecule has 1 aromatic heterocycles. The summed E-state index contributed by atoms with van der Waals surface area (Å²) in [6, 6.07) is 11.4. The third kappa shape index (κ3) is 2.74. The van der Waals surface area contributed by atoms with E-state index < -0.39 is 0 Å². The minimum atomic E-state index is 0.613. The molecule has 0 radical (unpaired) electrons. The van der Waals surface area contributed by atoms with Crippen molar-refractivity contribution in [3.63, 3.8) is 0 Å². The fourth-order valence-electron chi connectivity index (χ4n) is 5.30. The second kappa shape index (κ2) is 6.57. The van der Waals surface area contributed by atoms with E-state index in [0.29, 0.717) is 5.92 Å². The van der Waals surface area contributed by atoms with Crippen molar-refractivity contribution in [2.45, 2.75) is 48.0 Å². The van der Waals surface area contributed by atoms with Gasteiger partial charge in [-0.05, 0) is 79.6 Å². The normalized spacial score (nSPS) is 12.5. The molecule has 0 unspecified atom stereocenters. The molecule has 0 N–H and O–H groups in total. The third-order valence-electron chi connectivity index (χ3n) is 6.50. The summed E-state index contributed by atoms with van der Waals surface area (Å²) < 4.78 is 8.93. The molecule has 5 rings (SSSR count). The molecule has 0 spiro atoms. The summed E-state index contributed by atoms with van der Waals surface area (Å²) in [5.41, 5.74) is 9.04. The smallest absolute Gasteiger partial charge is 0.228 e. The molecule has 0 saturated heterocycles. The lowest BCUT2D eigenvalue weighted by Gasteiger charge is -2.24. The van der Waals surface area contributed by atoms with Gasteiger partial charge in [0, 0.05) is 10.9 Å². The fourth-order valence-corrected chi connectivity index (χ4v) is 5.30. The maximum atomic E-state index is 6.64. The Morgan fingerprint density at radius 2 is 1.60 bits per heavy atom. The predicted molar refractivity (Wildman–Crippen MR) is 126 cm³/mol. The van der Waals surface area contributed by atoms with Crippen LogP contribution in [0.2, 0.25) is 0 Å². The van der Waals surface area contributed by atoms with E-state index in [2.05, 4.69) is 89.7 Å². The Morgan fingerprint density at radius 3 is 2.33 bits per heavy atom. The highest BCUT2D eigenvalue weighted by Crippen LogP contribution is 2.49. The number of nitrogens with zero attached hydrogens (tertiary/aromatic N) is 1. The molecule has 2 nitrogen and oxygen atoms in total. The van der Waals surface area contributed by atoms with Crippen molar-refractivity contribution >= 4 is 21.5 Å². The van der Waals surface area contributed by atoms with Crippen molar-refractivity contribution < 1.29 is 9.30 Å². The number of rotatable bonds is 2. The van der Waals surface area contributed by atoms with E-state index in [1.807, 2.05) is 0 Å². The molecule has 152 valence electrons. The van der Waals surface area contributed by atoms with Gasteiger partial charge in [0.05, 0.1) is 10.9 Å². The number of aryl methyl sites for hydroxylation is 5. The van der Waals surface area contributed by atoms with E-state index in [1.165, 1.54) is 60.6 Å². The first-order chi connectivity index (χ1) is 14.2. The van der Waals surface area contributed by atoms with Gasteiger partial charge >= 0.3 is 0 Å². The molecule has 1 aliphatic heterocycles. The summed E-state index contributed by atoms with van der Waals surface area (Å²) in [6.07, 6.45) is 3.32. The molecule has 2 heterocycles. The monoisotopic (exact) mass is 396 g/mol. The molecular formula is C28H30NO+. The maximum Gasteiger partial charge on any atom is 0.228 e. The quantitative estimate of drug-likeness (QED) is 0.292. The first-order valence-electron chi connectivity index (χ1n) is 10.9. The third-order valence-corrected chi connectivity index (χ3v) is 6.50. The zero-order valence-electron chi connectivity index (χ0n) is 19.1. The molecule has 0 fully saturated rings. The average molecular weight is 397 g/mol. The highest BCUT2D eigenvalue weighted by molar-refractivity contribution is 6.06. The first-order valence-corrected chi connectivity index (χ1v) is 10.9. The van der Waals surface area contributed by atoms with Crippen molar-refractivity contribution in [1.82, 2.24) is 0 Å². The number of benzene rings is 3. The Bertz CT molecular complexity index is 1360. The second-order valence-electron chi connectivity index (χ2n) is 9.54. The van der Waals surface area contributed by atoms with Crippen LogP contribution in [0.4, 0.5) is 0 Å². The van der Waals surface area contributed by atoms with Crippen LogP contribution in [0.25, 0.3) is 32.8 Å². The van der Waals surface area contributed by atoms with Crippen LogP contribution in [-0.2, 0) is 13.5 Å². The van der Waals surface area contributed by atoms with Crippen LogP contribution in [0, 0.1) is 33.6 Å². The van der Waals surface area contributed by atoms with Crippen LogP contribution in [-0.4, -0.2) is 0 Å². The number of fused-ring (bicyclic) bond motifs is 3. The van der Waals surface area contributed by atoms with Gasteiger partial charge in [-0.3, -0.25) is 0 Å². The molecule has 0 bridgehead atoms. The van der Waals surface area contributed by atoms with Gasteiger partial charge in [-0.1, -0.05) is 37.6 Å². The molecule has 2 heteroatoms. The van der Waals surface area contributed by atoms with Gasteiger partial charge < -0.3 is 4.74 Å². The number of hydrogen-bond acceptors (Lipinski definition) is 1. The van der Waals surface area contributed by atoms with E-state index in [-0.39, 0.29) is 0 Å². The van der Waals surface area contributed by atoms with Gasteiger partial charge in [0.1, 0.15) is 18.5 Å². The molecule has 0 amide bonds. The Labute approximate surface area is 179 Å². The van der Waals surface area contributed by atoms with E-state index in [1.54, 1.807) is 0 Å². The van der Waals surface area contributed by atoms with Gasteiger partial charge in [0.2, 0.25) is 5.69 Å². The molecule has 4 aromatic rings. The zero-order valence-corrected chi connectivity index (χ0v) is 19.1. The summed E-state index contributed by atoms with van der Waals surface area (Å²) in [6.45, 7) is 13.4. The van der Waals surface area contributed by atoms with E-state index >= 15 is 0 Å². The van der Waals surface area contributed by atoms with Crippen LogP contribution >= 0.6 is 0 Å². The highest BCUT2D eigenvalue weighted by Gasteiger charge is 2.31. The maximum absolute atomic E-state index is 6.64. The van der Waals surface area contributed by atoms with Crippen LogP contribution in [0.15, 0.2) is 36.5 Å². The van der Waals surface area contributed by atoms with Gasteiger partial charge in [-0.2, -0.15) is 4.57 Å². The standard InChI is InChI=1S/C28H30NO/c1-15(2)8-20-11-22-18(5)14-29(7)28-26-19(6)23-10-16(3)9-17(4)21(23)13-25(26)30-24(12-20)27(22)28/h9-15H,8H2,1-7H3/q+1. The second-order valence-corrected chi connectivity index (χ2v) is 9.54. The summed E-state index contributed by atoms with van der Waals surface area (Å²) in [4.78, 5) is 0. The van der Waals surface area contributed by atoms with Crippen molar-refractivity contribution in [3.05, 3.63) is 64.3 Å². The topological polar surface area (TPSA) is 13.1 Å². The Hall–Kier alpha value is -2.87. The lowest BCUT2D eigenvalue weighted by atomic mass is 9.88. The van der Waals surface area contributed by atoms with Crippen LogP contribution < -0.4 is 9.30 Å². The van der Waals surface area contributed by atoms with Crippen molar-refractivity contribution in [3.8, 4) is 22.8 Å². The number of aromatic nitrogens is 1. The Kier molecular flexibility index (Phi) is 4.18. The summed E-state index contributed by atoms with van der Waals surface area (Å²) in [5, 5.41) is 5.15. The first kappa shape index (κ1) is 19.1. The fraction of sp³-hybridized carbons (Fsp3) is 0.321. The molecule has 1 aliphatic rings. The Morgan fingerprint density at radius 1 is 0.833 bits per heavy atom. The van der Waals surface area contributed by atoms with E-state index in [4.69, 9.17) is 4.74 Å². The van der Waals surface area contributed by atoms with E-state index in [9.17, 15) is 0 Å². The number of ether oxygens (including phenoxy) is 1. The molecule has 0 saturated carbocycles. The van der Waals surface area contributed by atoms with Crippen LogP contribution in [0.5, 0.6) is 11.5 Å².